The van der Waals surface area contributed by atoms with Crippen molar-refractivity contribution in [3.05, 3.63) is 154 Å². The monoisotopic (exact) mass is 665 g/mol. The van der Waals surface area contributed by atoms with E-state index >= 15 is 0 Å². The first-order chi connectivity index (χ1) is 23.5. The van der Waals surface area contributed by atoms with E-state index in [0.29, 0.717) is 0 Å². The van der Waals surface area contributed by atoms with Gasteiger partial charge in [0.05, 0.1) is 5.41 Å². The first-order valence-corrected chi connectivity index (χ1v) is 17.7. The molecule has 4 nitrogen and oxygen atoms in total. The van der Waals surface area contributed by atoms with Crippen molar-refractivity contribution < 1.29 is 4.58 Å². The Bertz CT molecular complexity index is 2060. The summed E-state index contributed by atoms with van der Waals surface area (Å²) >= 11 is 7.19. The smallest absolute Gasteiger partial charge is 0.209 e. The number of hydrogen-bond donors (Lipinski definition) is 2. The molecule has 5 heteroatoms. The van der Waals surface area contributed by atoms with Gasteiger partial charge in [-0.1, -0.05) is 74.0 Å². The van der Waals surface area contributed by atoms with Gasteiger partial charge in [-0.15, -0.1) is 0 Å². The second-order valence-electron chi connectivity index (χ2n) is 14.5. The highest BCUT2D eigenvalue weighted by molar-refractivity contribution is 6.32. The molecule has 248 valence electrons. The molecule has 0 saturated carbocycles. The van der Waals surface area contributed by atoms with Crippen LogP contribution in [0.4, 0.5) is 34.1 Å². The third kappa shape index (κ3) is 6.15. The van der Waals surface area contributed by atoms with Gasteiger partial charge >= 0.3 is 0 Å². The van der Waals surface area contributed by atoms with Crippen LogP contribution in [0, 0.1) is 0 Å². The zero-order valence-corrected chi connectivity index (χ0v) is 30.2. The van der Waals surface area contributed by atoms with Crippen LogP contribution in [0.25, 0.3) is 0 Å². The number of para-hydroxylation sites is 2. The number of likely N-dealkylation sites (N-methyl/N-ethyl adjacent to an activating group) is 1. The minimum Gasteiger partial charge on any atom is -0.356 e. The molecule has 2 aliphatic heterocycles. The molecule has 3 aliphatic rings. The van der Waals surface area contributed by atoms with E-state index in [0.717, 1.165) is 47.0 Å². The summed E-state index contributed by atoms with van der Waals surface area (Å²) in [6.45, 7) is 9.25. The highest BCUT2D eigenvalue weighted by Gasteiger charge is 2.43. The fourth-order valence-corrected chi connectivity index (χ4v) is 8.09. The zero-order chi connectivity index (χ0) is 34.3. The molecule has 2 heterocycles. The summed E-state index contributed by atoms with van der Waals surface area (Å²) in [5, 5.41) is 8.01. The van der Waals surface area contributed by atoms with Crippen LogP contribution in [0.3, 0.4) is 0 Å². The molecule has 49 heavy (non-hydrogen) atoms. The Morgan fingerprint density at radius 1 is 0.694 bits per heavy atom. The van der Waals surface area contributed by atoms with E-state index in [1.165, 1.54) is 45.1 Å². The van der Waals surface area contributed by atoms with Gasteiger partial charge in [0.2, 0.25) is 5.69 Å². The van der Waals surface area contributed by atoms with E-state index in [2.05, 4.69) is 171 Å². The van der Waals surface area contributed by atoms with Gasteiger partial charge in [-0.05, 0) is 110 Å². The number of anilines is 5. The number of nitrogens with one attached hydrogen (secondary N) is 2. The normalized spacial score (nSPS) is 19.6. The molecule has 0 unspecified atom stereocenters. The van der Waals surface area contributed by atoms with Crippen molar-refractivity contribution in [3.8, 4) is 0 Å². The summed E-state index contributed by atoms with van der Waals surface area (Å²) in [5.41, 5.74) is 14.1. The Morgan fingerprint density at radius 2 is 1.31 bits per heavy atom. The van der Waals surface area contributed by atoms with Crippen molar-refractivity contribution in [1.29, 1.82) is 0 Å². The Kier molecular flexibility index (Phi) is 8.62. The van der Waals surface area contributed by atoms with Crippen LogP contribution in [-0.2, 0) is 10.8 Å². The van der Waals surface area contributed by atoms with Crippen molar-refractivity contribution in [2.45, 2.75) is 57.8 Å². The van der Waals surface area contributed by atoms with Gasteiger partial charge in [-0.3, -0.25) is 0 Å². The Hall–Kier alpha value is -4.80. The van der Waals surface area contributed by atoms with Gasteiger partial charge in [0, 0.05) is 69.3 Å². The molecule has 0 amide bonds. The Labute approximate surface area is 296 Å². The zero-order valence-electron chi connectivity index (χ0n) is 29.4. The average molecular weight is 666 g/mol. The van der Waals surface area contributed by atoms with E-state index in [1.54, 1.807) is 0 Å². The fraction of sp³-hybridized carbons (Fsp3) is 0.250. The number of rotatable bonds is 7. The van der Waals surface area contributed by atoms with Gasteiger partial charge in [-0.25, -0.2) is 0 Å². The molecule has 2 N–H and O–H groups in total. The lowest BCUT2D eigenvalue weighted by molar-refractivity contribution is -0.401. The van der Waals surface area contributed by atoms with E-state index in [-0.39, 0.29) is 10.8 Å². The molecular formula is C44H46ClN4+. The van der Waals surface area contributed by atoms with E-state index in [4.69, 9.17) is 11.6 Å². The predicted octanol–water partition coefficient (Wildman–Crippen LogP) is 11.7. The van der Waals surface area contributed by atoms with E-state index in [1.807, 2.05) is 12.1 Å². The second kappa shape index (κ2) is 12.9. The van der Waals surface area contributed by atoms with E-state index in [9.17, 15) is 0 Å². The van der Waals surface area contributed by atoms with Crippen molar-refractivity contribution in [2.75, 3.05) is 29.6 Å². The third-order valence-corrected chi connectivity index (χ3v) is 11.0. The lowest BCUT2D eigenvalue weighted by Gasteiger charge is -2.24. The maximum absolute atomic E-state index is 7.19. The van der Waals surface area contributed by atoms with Crippen LogP contribution in [0.15, 0.2) is 143 Å². The largest absolute Gasteiger partial charge is 0.356 e. The molecule has 0 aromatic heterocycles. The van der Waals surface area contributed by atoms with Crippen molar-refractivity contribution in [2.24, 2.45) is 0 Å². The standard InChI is InChI=1S/C44H46ClN4/c1-43(2)36-28-34(46-32-16-9-7-10-17-32)22-24-38(36)48(5)40(43)26-20-30-14-13-15-31(42(30)45)21-27-41-44(3,4)37-29-35(23-25-39(37)49(41)6)47-33-18-11-8-12-19-33/h7-12,16-29,46-47H,13-15H2,1-6H3/q+1. The minimum atomic E-state index is -0.149. The lowest BCUT2D eigenvalue weighted by atomic mass is 9.81. The highest BCUT2D eigenvalue weighted by Crippen LogP contribution is 2.48. The third-order valence-electron chi connectivity index (χ3n) is 10.5. The fourth-order valence-electron chi connectivity index (χ4n) is 7.77. The molecule has 1 aliphatic carbocycles. The van der Waals surface area contributed by atoms with E-state index < -0.39 is 0 Å². The maximum atomic E-state index is 7.19. The topological polar surface area (TPSA) is 30.3 Å². The first-order valence-electron chi connectivity index (χ1n) is 17.3. The number of allylic oxidation sites excluding steroid dienone is 8. The quantitative estimate of drug-likeness (QED) is 0.193. The molecular weight excluding hydrogens is 620 g/mol. The molecule has 4 aromatic rings. The second-order valence-corrected chi connectivity index (χ2v) is 14.8. The van der Waals surface area contributed by atoms with Crippen molar-refractivity contribution >= 4 is 51.4 Å². The number of nitrogens with zero attached hydrogens (tertiary/aromatic N) is 2. The molecule has 4 aromatic carbocycles. The van der Waals surface area contributed by atoms with Gasteiger partial charge in [-0.2, -0.15) is 4.58 Å². The number of halogens is 1. The van der Waals surface area contributed by atoms with Crippen LogP contribution in [0.5, 0.6) is 0 Å². The van der Waals surface area contributed by atoms with Crippen LogP contribution in [-0.4, -0.2) is 24.4 Å². The summed E-state index contributed by atoms with van der Waals surface area (Å²) in [6.07, 6.45) is 12.1. The number of fused-ring (bicyclic) bond motifs is 2. The molecule has 7 rings (SSSR count). The van der Waals surface area contributed by atoms with Crippen molar-refractivity contribution in [3.63, 3.8) is 0 Å². The molecule has 0 fully saturated rings. The summed E-state index contributed by atoms with van der Waals surface area (Å²) in [7, 11) is 4.34. The summed E-state index contributed by atoms with van der Waals surface area (Å²) in [4.78, 5) is 2.33. The molecule has 0 bridgehead atoms. The highest BCUT2D eigenvalue weighted by atomic mass is 35.5. The summed E-state index contributed by atoms with van der Waals surface area (Å²) in [5.74, 6) is 0. The van der Waals surface area contributed by atoms with Crippen LogP contribution in [0.1, 0.15) is 58.1 Å². The molecule has 0 radical (unpaired) electrons. The molecule has 0 spiro atoms. The Morgan fingerprint density at radius 3 is 1.96 bits per heavy atom. The first kappa shape index (κ1) is 32.7. The van der Waals surface area contributed by atoms with Crippen LogP contribution in [0.2, 0.25) is 0 Å². The average Bonchev–Trinajstić information content (AvgIpc) is 3.40. The summed E-state index contributed by atoms with van der Waals surface area (Å²) < 4.78 is 2.33. The SMILES string of the molecule is CN1/C(=C\C=C2/CCCC(/C=C/C3=[N+](C)c4ccc(Nc5ccccc5)cc4C3(C)C)=C2Cl)C(C)(C)c2cc(Nc3ccccc3)ccc21. The maximum Gasteiger partial charge on any atom is 0.209 e. The minimum absolute atomic E-state index is 0.149. The molecule has 0 saturated heterocycles. The van der Waals surface area contributed by atoms with Gasteiger partial charge < -0.3 is 15.5 Å². The summed E-state index contributed by atoms with van der Waals surface area (Å²) in [6, 6.07) is 34.1. The number of benzene rings is 4. The van der Waals surface area contributed by atoms with Crippen molar-refractivity contribution in [1.82, 2.24) is 0 Å². The van der Waals surface area contributed by atoms with Crippen LogP contribution < -0.4 is 15.5 Å². The van der Waals surface area contributed by atoms with Gasteiger partial charge in [0.1, 0.15) is 7.05 Å². The molecule has 0 atom stereocenters. The number of hydrogen-bond acceptors (Lipinski definition) is 3. The lowest BCUT2D eigenvalue weighted by Crippen LogP contribution is -2.26. The van der Waals surface area contributed by atoms with Gasteiger partial charge in [0.25, 0.3) is 0 Å². The predicted molar refractivity (Wildman–Crippen MR) is 210 cm³/mol. The van der Waals surface area contributed by atoms with Crippen LogP contribution >= 0.6 is 11.6 Å². The van der Waals surface area contributed by atoms with Gasteiger partial charge in [0.15, 0.2) is 5.71 Å². The Balaban J connectivity index is 1.12.